The Morgan fingerprint density at radius 2 is 1.81 bits per heavy atom. The molecule has 1 saturated carbocycles. The van der Waals surface area contributed by atoms with Gasteiger partial charge in [-0.25, -0.2) is 4.79 Å². The Hall–Kier alpha value is -1.43. The Morgan fingerprint density at radius 1 is 1.08 bits per heavy atom. The van der Waals surface area contributed by atoms with Crippen LogP contribution in [-0.2, 0) is 28.5 Å². The predicted molar refractivity (Wildman–Crippen MR) is 135 cm³/mol. The fourth-order valence-electron chi connectivity index (χ4n) is 5.64. The number of hydrogen-bond donors (Lipinski definition) is 1. The molecule has 3 saturated heterocycles. The minimum absolute atomic E-state index is 0.000899. The number of ether oxygens (including phenoxy) is 5. The van der Waals surface area contributed by atoms with Crippen molar-refractivity contribution < 1.29 is 33.6 Å². The van der Waals surface area contributed by atoms with Crippen molar-refractivity contribution in [1.29, 1.82) is 0 Å². The average Bonchev–Trinajstić information content (AvgIpc) is 3.24. The van der Waals surface area contributed by atoms with Crippen molar-refractivity contribution in [2.45, 2.75) is 127 Å². The third-order valence-corrected chi connectivity index (χ3v) is 7.91. The summed E-state index contributed by atoms with van der Waals surface area (Å²) in [6.07, 6.45) is 11.7. The van der Waals surface area contributed by atoms with Gasteiger partial charge in [0.15, 0.2) is 12.6 Å². The van der Waals surface area contributed by atoms with Crippen molar-refractivity contribution in [3.63, 3.8) is 0 Å². The number of rotatable bonds is 14. The van der Waals surface area contributed by atoms with E-state index in [-0.39, 0.29) is 18.6 Å². The summed E-state index contributed by atoms with van der Waals surface area (Å²) in [6.45, 7) is 7.68. The largest absolute Gasteiger partial charge is 0.477 e. The fourth-order valence-corrected chi connectivity index (χ4v) is 5.64. The fraction of sp³-hybridized carbons (Fsp3) is 0.828. The lowest BCUT2D eigenvalue weighted by Gasteiger charge is -2.33. The Morgan fingerprint density at radius 3 is 2.42 bits per heavy atom. The highest BCUT2D eigenvalue weighted by Crippen LogP contribution is 2.44. The lowest BCUT2D eigenvalue weighted by atomic mass is 9.88. The molecule has 36 heavy (non-hydrogen) atoms. The van der Waals surface area contributed by atoms with Crippen LogP contribution >= 0.6 is 0 Å². The number of carbonyl (C=O) groups is 1. The quantitative estimate of drug-likeness (QED) is 0.109. The summed E-state index contributed by atoms with van der Waals surface area (Å²) in [5, 5.41) is 10.2. The number of aliphatic carboxylic acids is 1. The molecule has 0 aromatic heterocycles. The molecule has 0 radical (unpaired) electrons. The average molecular weight is 505 g/mol. The van der Waals surface area contributed by atoms with E-state index in [0.717, 1.165) is 38.5 Å². The Kier molecular flexibility index (Phi) is 10.3. The van der Waals surface area contributed by atoms with Crippen molar-refractivity contribution in [1.82, 2.24) is 0 Å². The van der Waals surface area contributed by atoms with Crippen LogP contribution < -0.4 is 0 Å². The molecule has 0 bridgehead atoms. The first kappa shape index (κ1) is 27.6. The van der Waals surface area contributed by atoms with Gasteiger partial charge in [0.25, 0.3) is 5.79 Å². The Balaban J connectivity index is 1.29. The van der Waals surface area contributed by atoms with Crippen LogP contribution in [0.3, 0.4) is 0 Å². The second kappa shape index (κ2) is 13.4. The third-order valence-electron chi connectivity index (χ3n) is 7.91. The van der Waals surface area contributed by atoms with Gasteiger partial charge >= 0.3 is 5.97 Å². The zero-order valence-electron chi connectivity index (χ0n) is 21.9. The molecule has 3 heterocycles. The molecular weight excluding hydrogens is 460 g/mol. The molecule has 0 aromatic carbocycles. The van der Waals surface area contributed by atoms with Crippen molar-refractivity contribution in [2.75, 3.05) is 13.2 Å². The zero-order chi connectivity index (χ0) is 25.4. The second-order valence-corrected chi connectivity index (χ2v) is 10.7. The molecule has 202 valence electrons. The first-order valence-electron chi connectivity index (χ1n) is 14.1. The summed E-state index contributed by atoms with van der Waals surface area (Å²) < 4.78 is 29.1. The van der Waals surface area contributed by atoms with Crippen LogP contribution in [0.15, 0.2) is 12.2 Å². The molecule has 4 aliphatic rings. The normalized spacial score (nSPS) is 33.3. The number of carboxylic acid groups (broad SMARTS) is 1. The van der Waals surface area contributed by atoms with Crippen molar-refractivity contribution in [3.8, 4) is 11.8 Å². The second-order valence-electron chi connectivity index (χ2n) is 10.7. The lowest BCUT2D eigenvalue weighted by Crippen LogP contribution is -2.49. The molecule has 1 N–H and O–H groups in total. The van der Waals surface area contributed by atoms with E-state index in [9.17, 15) is 9.90 Å². The van der Waals surface area contributed by atoms with Crippen LogP contribution in [-0.4, -0.2) is 54.9 Å². The Labute approximate surface area is 216 Å². The number of carboxylic acids is 1. The van der Waals surface area contributed by atoms with E-state index >= 15 is 0 Å². The van der Waals surface area contributed by atoms with Gasteiger partial charge in [0.2, 0.25) is 0 Å². The molecular formula is C29H44O7. The van der Waals surface area contributed by atoms with E-state index in [1.165, 1.54) is 31.3 Å². The van der Waals surface area contributed by atoms with E-state index in [1.807, 2.05) is 0 Å². The van der Waals surface area contributed by atoms with Crippen LogP contribution in [0.4, 0.5) is 0 Å². The summed E-state index contributed by atoms with van der Waals surface area (Å²) >= 11 is 0. The number of hydrogen-bond acceptors (Lipinski definition) is 6. The molecule has 7 nitrogen and oxygen atoms in total. The SMILES string of the molecule is C=C1CC[C@H](C#CCCCCCC)[C@H]1C[C@@H]1OC1CCC(OC1CCCO1)(OC1CCCO1)C(=O)O. The van der Waals surface area contributed by atoms with E-state index in [4.69, 9.17) is 23.7 Å². The van der Waals surface area contributed by atoms with Gasteiger partial charge < -0.3 is 28.8 Å². The van der Waals surface area contributed by atoms with Crippen LogP contribution in [0, 0.1) is 23.7 Å². The maximum atomic E-state index is 12.4. The molecule has 4 rings (SSSR count). The zero-order valence-corrected chi connectivity index (χ0v) is 21.9. The van der Waals surface area contributed by atoms with Gasteiger partial charge in [-0.05, 0) is 50.9 Å². The summed E-state index contributed by atoms with van der Waals surface area (Å²) in [5.74, 6) is 4.74. The van der Waals surface area contributed by atoms with Gasteiger partial charge in [-0.2, -0.15) is 0 Å². The molecule has 1 aliphatic carbocycles. The standard InChI is InChI=1S/C29H44O7/c1-3-4-5-6-7-8-11-22-15-14-21(2)23(22)20-25-24(34-25)16-17-29(28(30)31,35-26-12-9-18-32-26)36-27-13-10-19-33-27/h22-27H,2-7,9-10,12-20H2,1H3,(H,30,31)/t22-,23-,24?,25-,26?,27?,29?/m0/s1. The summed E-state index contributed by atoms with van der Waals surface area (Å²) in [5.41, 5.74) is 1.28. The van der Waals surface area contributed by atoms with Gasteiger partial charge in [-0.3, -0.25) is 0 Å². The van der Waals surface area contributed by atoms with Gasteiger partial charge in [-0.15, -0.1) is 5.92 Å². The van der Waals surface area contributed by atoms with Gasteiger partial charge in [0.1, 0.15) is 0 Å². The van der Waals surface area contributed by atoms with Crippen LogP contribution in [0.2, 0.25) is 0 Å². The minimum atomic E-state index is -1.79. The molecule has 4 fully saturated rings. The van der Waals surface area contributed by atoms with E-state index in [0.29, 0.717) is 44.3 Å². The topological polar surface area (TPSA) is 86.8 Å². The summed E-state index contributed by atoms with van der Waals surface area (Å²) in [4.78, 5) is 12.4. The highest BCUT2D eigenvalue weighted by atomic mass is 16.8. The monoisotopic (exact) mass is 504 g/mol. The number of unbranched alkanes of at least 4 members (excludes halogenated alkanes) is 4. The maximum Gasteiger partial charge on any atom is 0.364 e. The highest BCUT2D eigenvalue weighted by molar-refractivity contribution is 5.75. The molecule has 0 spiro atoms. The van der Waals surface area contributed by atoms with Crippen molar-refractivity contribution in [3.05, 3.63) is 12.2 Å². The van der Waals surface area contributed by atoms with Gasteiger partial charge in [0, 0.05) is 44.8 Å². The first-order chi connectivity index (χ1) is 17.5. The van der Waals surface area contributed by atoms with Crippen molar-refractivity contribution in [2.24, 2.45) is 11.8 Å². The van der Waals surface area contributed by atoms with Crippen LogP contribution in [0.25, 0.3) is 0 Å². The van der Waals surface area contributed by atoms with Gasteiger partial charge in [-0.1, -0.05) is 44.3 Å². The molecule has 6 atom stereocenters. The molecule has 3 unspecified atom stereocenters. The molecule has 0 amide bonds. The number of allylic oxidation sites excluding steroid dienone is 1. The van der Waals surface area contributed by atoms with E-state index in [1.54, 1.807) is 0 Å². The van der Waals surface area contributed by atoms with E-state index in [2.05, 4.69) is 25.3 Å². The smallest absolute Gasteiger partial charge is 0.364 e. The minimum Gasteiger partial charge on any atom is -0.477 e. The van der Waals surface area contributed by atoms with Crippen LogP contribution in [0.5, 0.6) is 0 Å². The summed E-state index contributed by atoms with van der Waals surface area (Å²) in [6, 6.07) is 0. The summed E-state index contributed by atoms with van der Waals surface area (Å²) in [7, 11) is 0. The van der Waals surface area contributed by atoms with Gasteiger partial charge in [0.05, 0.1) is 12.2 Å². The molecule has 7 heteroatoms. The third kappa shape index (κ3) is 7.55. The number of epoxide rings is 1. The maximum absolute atomic E-state index is 12.4. The predicted octanol–water partition coefficient (Wildman–Crippen LogP) is 5.57. The van der Waals surface area contributed by atoms with Crippen LogP contribution in [0.1, 0.15) is 96.8 Å². The Bertz CT molecular complexity index is 769. The first-order valence-corrected chi connectivity index (χ1v) is 14.1. The molecule has 0 aromatic rings. The molecule has 3 aliphatic heterocycles. The lowest BCUT2D eigenvalue weighted by molar-refractivity contribution is -0.333. The van der Waals surface area contributed by atoms with Crippen molar-refractivity contribution >= 4 is 5.97 Å². The highest BCUT2D eigenvalue weighted by Gasteiger charge is 2.50. The van der Waals surface area contributed by atoms with E-state index < -0.39 is 24.3 Å².